The van der Waals surface area contributed by atoms with E-state index >= 15 is 0 Å². The van der Waals surface area contributed by atoms with Gasteiger partial charge in [-0.1, -0.05) is 26.8 Å². The second-order valence-corrected chi connectivity index (χ2v) is 5.67. The quantitative estimate of drug-likeness (QED) is 0.674. The van der Waals surface area contributed by atoms with Crippen LogP contribution in [0.2, 0.25) is 0 Å². The standard InChI is InChI=1S/C17H29NO3/c1-5-15(18)10-14-6-7-16(19-4)17(11-14)21-9-8-20-12-13(2)3/h6-7,11,13,15H,5,8-10,12,18H2,1-4H3. The molecule has 0 aromatic heterocycles. The predicted octanol–water partition coefficient (Wildman–Crippen LogP) is 3.03. The first-order valence-electron chi connectivity index (χ1n) is 7.69. The fourth-order valence-corrected chi connectivity index (χ4v) is 1.94. The summed E-state index contributed by atoms with van der Waals surface area (Å²) in [6.07, 6.45) is 1.81. The van der Waals surface area contributed by atoms with Gasteiger partial charge in [0.1, 0.15) is 6.61 Å². The first-order chi connectivity index (χ1) is 10.1. The van der Waals surface area contributed by atoms with Crippen molar-refractivity contribution in [3.8, 4) is 11.5 Å². The second kappa shape index (κ2) is 9.64. The lowest BCUT2D eigenvalue weighted by Gasteiger charge is -2.14. The van der Waals surface area contributed by atoms with Crippen molar-refractivity contribution in [3.63, 3.8) is 0 Å². The Balaban J connectivity index is 2.55. The molecule has 0 amide bonds. The smallest absolute Gasteiger partial charge is 0.161 e. The lowest BCUT2D eigenvalue weighted by molar-refractivity contribution is 0.0810. The van der Waals surface area contributed by atoms with E-state index in [1.165, 1.54) is 5.56 Å². The van der Waals surface area contributed by atoms with Crippen LogP contribution in [0.4, 0.5) is 0 Å². The normalized spacial score (nSPS) is 12.5. The maximum atomic E-state index is 6.00. The first kappa shape index (κ1) is 17.8. The van der Waals surface area contributed by atoms with Crippen molar-refractivity contribution in [2.75, 3.05) is 26.9 Å². The third-order valence-electron chi connectivity index (χ3n) is 3.19. The number of rotatable bonds is 10. The minimum absolute atomic E-state index is 0.181. The Bertz CT molecular complexity index is 407. The fourth-order valence-electron chi connectivity index (χ4n) is 1.94. The minimum Gasteiger partial charge on any atom is -0.493 e. The number of hydrogen-bond donors (Lipinski definition) is 1. The molecule has 1 aromatic carbocycles. The molecular weight excluding hydrogens is 266 g/mol. The zero-order valence-corrected chi connectivity index (χ0v) is 13.7. The topological polar surface area (TPSA) is 53.7 Å². The van der Waals surface area contributed by atoms with Crippen molar-refractivity contribution in [2.45, 2.75) is 39.7 Å². The molecule has 0 heterocycles. The van der Waals surface area contributed by atoms with Crippen molar-refractivity contribution >= 4 is 0 Å². The summed E-state index contributed by atoms with van der Waals surface area (Å²) < 4.78 is 16.6. The SMILES string of the molecule is CCC(N)Cc1ccc(OC)c(OCCOCC(C)C)c1. The van der Waals surface area contributed by atoms with Crippen LogP contribution in [0, 0.1) is 5.92 Å². The number of methoxy groups -OCH3 is 1. The van der Waals surface area contributed by atoms with Gasteiger partial charge in [0, 0.05) is 12.6 Å². The van der Waals surface area contributed by atoms with E-state index in [1.54, 1.807) is 7.11 Å². The van der Waals surface area contributed by atoms with Crippen molar-refractivity contribution in [2.24, 2.45) is 11.7 Å². The summed E-state index contributed by atoms with van der Waals surface area (Å²) in [5.41, 5.74) is 7.17. The third kappa shape index (κ3) is 6.82. The van der Waals surface area contributed by atoms with Crippen LogP contribution < -0.4 is 15.2 Å². The van der Waals surface area contributed by atoms with Gasteiger partial charge in [-0.2, -0.15) is 0 Å². The Morgan fingerprint density at radius 3 is 2.52 bits per heavy atom. The van der Waals surface area contributed by atoms with Gasteiger partial charge in [0.25, 0.3) is 0 Å². The monoisotopic (exact) mass is 295 g/mol. The molecule has 0 spiro atoms. The van der Waals surface area contributed by atoms with Crippen LogP contribution in [0.3, 0.4) is 0 Å². The highest BCUT2D eigenvalue weighted by Gasteiger charge is 2.08. The number of benzene rings is 1. The number of hydrogen-bond acceptors (Lipinski definition) is 4. The molecule has 21 heavy (non-hydrogen) atoms. The second-order valence-electron chi connectivity index (χ2n) is 5.67. The summed E-state index contributed by atoms with van der Waals surface area (Å²) in [6.45, 7) is 8.21. The van der Waals surface area contributed by atoms with Crippen LogP contribution in [0.25, 0.3) is 0 Å². The molecule has 0 saturated carbocycles. The van der Waals surface area contributed by atoms with Crippen LogP contribution in [0.15, 0.2) is 18.2 Å². The van der Waals surface area contributed by atoms with Crippen molar-refractivity contribution in [1.82, 2.24) is 0 Å². The molecule has 0 radical (unpaired) electrons. The molecule has 0 aliphatic rings. The van der Waals surface area contributed by atoms with Gasteiger partial charge in [-0.05, 0) is 36.5 Å². The van der Waals surface area contributed by atoms with Gasteiger partial charge in [-0.3, -0.25) is 0 Å². The van der Waals surface area contributed by atoms with Crippen molar-refractivity contribution in [3.05, 3.63) is 23.8 Å². The van der Waals surface area contributed by atoms with Crippen LogP contribution >= 0.6 is 0 Å². The molecule has 0 saturated heterocycles. The van der Waals surface area contributed by atoms with E-state index in [2.05, 4.69) is 20.8 Å². The number of nitrogens with two attached hydrogens (primary N) is 1. The molecule has 1 rings (SSSR count). The highest BCUT2D eigenvalue weighted by atomic mass is 16.5. The van der Waals surface area contributed by atoms with Gasteiger partial charge in [-0.15, -0.1) is 0 Å². The highest BCUT2D eigenvalue weighted by Crippen LogP contribution is 2.28. The van der Waals surface area contributed by atoms with E-state index in [1.807, 2.05) is 18.2 Å². The summed E-state index contributed by atoms with van der Waals surface area (Å²) in [4.78, 5) is 0. The zero-order valence-electron chi connectivity index (χ0n) is 13.7. The average molecular weight is 295 g/mol. The van der Waals surface area contributed by atoms with E-state index in [4.69, 9.17) is 19.9 Å². The first-order valence-corrected chi connectivity index (χ1v) is 7.69. The van der Waals surface area contributed by atoms with Gasteiger partial charge in [0.2, 0.25) is 0 Å². The molecule has 4 heteroatoms. The van der Waals surface area contributed by atoms with Crippen LogP contribution in [0.5, 0.6) is 11.5 Å². The summed E-state index contributed by atoms with van der Waals surface area (Å²) in [7, 11) is 1.65. The molecule has 0 aliphatic carbocycles. The molecular formula is C17H29NO3. The maximum absolute atomic E-state index is 6.00. The van der Waals surface area contributed by atoms with E-state index in [0.29, 0.717) is 19.1 Å². The van der Waals surface area contributed by atoms with E-state index in [-0.39, 0.29) is 6.04 Å². The fraction of sp³-hybridized carbons (Fsp3) is 0.647. The predicted molar refractivity (Wildman–Crippen MR) is 86.1 cm³/mol. The largest absolute Gasteiger partial charge is 0.493 e. The molecule has 1 unspecified atom stereocenters. The number of ether oxygens (including phenoxy) is 3. The summed E-state index contributed by atoms with van der Waals surface area (Å²) in [6, 6.07) is 6.16. The highest BCUT2D eigenvalue weighted by molar-refractivity contribution is 5.43. The minimum atomic E-state index is 0.181. The Kier molecular flexibility index (Phi) is 8.16. The molecule has 0 fully saturated rings. The molecule has 1 atom stereocenters. The van der Waals surface area contributed by atoms with Crippen LogP contribution in [-0.4, -0.2) is 33.0 Å². The van der Waals surface area contributed by atoms with Gasteiger partial charge < -0.3 is 19.9 Å². The average Bonchev–Trinajstić information content (AvgIpc) is 2.46. The van der Waals surface area contributed by atoms with E-state index in [9.17, 15) is 0 Å². The Labute approximate surface area is 128 Å². The third-order valence-corrected chi connectivity index (χ3v) is 3.19. The summed E-state index contributed by atoms with van der Waals surface area (Å²) in [5, 5.41) is 0. The summed E-state index contributed by atoms with van der Waals surface area (Å²) in [5.74, 6) is 2.04. The molecule has 2 N–H and O–H groups in total. The van der Waals surface area contributed by atoms with E-state index in [0.717, 1.165) is 30.9 Å². The Morgan fingerprint density at radius 2 is 1.90 bits per heavy atom. The lowest BCUT2D eigenvalue weighted by Crippen LogP contribution is -2.21. The summed E-state index contributed by atoms with van der Waals surface area (Å²) >= 11 is 0. The van der Waals surface area contributed by atoms with Crippen molar-refractivity contribution < 1.29 is 14.2 Å². The molecule has 1 aromatic rings. The maximum Gasteiger partial charge on any atom is 0.161 e. The Hall–Kier alpha value is -1.26. The van der Waals surface area contributed by atoms with Crippen LogP contribution in [0.1, 0.15) is 32.8 Å². The van der Waals surface area contributed by atoms with Gasteiger partial charge >= 0.3 is 0 Å². The van der Waals surface area contributed by atoms with Gasteiger partial charge in [-0.25, -0.2) is 0 Å². The molecule has 120 valence electrons. The zero-order chi connectivity index (χ0) is 15.7. The lowest BCUT2D eigenvalue weighted by atomic mass is 10.0. The van der Waals surface area contributed by atoms with Crippen molar-refractivity contribution in [1.29, 1.82) is 0 Å². The van der Waals surface area contributed by atoms with E-state index < -0.39 is 0 Å². The van der Waals surface area contributed by atoms with Gasteiger partial charge in [0.15, 0.2) is 11.5 Å². The molecule has 4 nitrogen and oxygen atoms in total. The molecule has 0 aliphatic heterocycles. The van der Waals surface area contributed by atoms with Crippen LogP contribution in [-0.2, 0) is 11.2 Å². The molecule has 0 bridgehead atoms. The Morgan fingerprint density at radius 1 is 1.14 bits per heavy atom. The van der Waals surface area contributed by atoms with Gasteiger partial charge in [0.05, 0.1) is 13.7 Å².